The maximum atomic E-state index is 12.4. The first kappa shape index (κ1) is 15.5. The van der Waals surface area contributed by atoms with E-state index in [1.807, 2.05) is 12.1 Å². The molecule has 4 heteroatoms. The van der Waals surface area contributed by atoms with Gasteiger partial charge in [0, 0.05) is 13.1 Å². The van der Waals surface area contributed by atoms with Gasteiger partial charge in [-0.25, -0.2) is 8.42 Å². The summed E-state index contributed by atoms with van der Waals surface area (Å²) in [5.41, 5.74) is 1.24. The normalized spacial score (nSPS) is 16.6. The van der Waals surface area contributed by atoms with Crippen LogP contribution >= 0.6 is 0 Å². The fraction of sp³-hybridized carbons (Fsp3) is 0.625. The molecule has 1 aliphatic heterocycles. The Balaban J connectivity index is 1.97. The molecule has 1 aromatic carbocycles. The first-order valence-electron chi connectivity index (χ1n) is 7.73. The molecule has 20 heavy (non-hydrogen) atoms. The first-order chi connectivity index (χ1) is 9.64. The van der Waals surface area contributed by atoms with Crippen molar-refractivity contribution < 1.29 is 8.42 Å². The Labute approximate surface area is 123 Å². The highest BCUT2D eigenvalue weighted by Crippen LogP contribution is 2.21. The summed E-state index contributed by atoms with van der Waals surface area (Å²) in [6.07, 6.45) is 7.97. The predicted molar refractivity (Wildman–Crippen MR) is 82.3 cm³/mol. The van der Waals surface area contributed by atoms with Gasteiger partial charge in [0.2, 0.25) is 10.0 Å². The molecule has 1 saturated heterocycles. The minimum atomic E-state index is -3.25. The van der Waals surface area contributed by atoms with Crippen LogP contribution in [0.3, 0.4) is 0 Å². The van der Waals surface area contributed by atoms with Gasteiger partial charge in [-0.3, -0.25) is 0 Å². The summed E-state index contributed by atoms with van der Waals surface area (Å²) in [7, 11) is -3.25. The van der Waals surface area contributed by atoms with E-state index in [1.165, 1.54) is 31.2 Å². The third-order valence-corrected chi connectivity index (χ3v) is 5.86. The molecule has 0 aliphatic carbocycles. The average molecular weight is 295 g/mol. The lowest BCUT2D eigenvalue weighted by Gasteiger charge is -2.15. The van der Waals surface area contributed by atoms with Gasteiger partial charge >= 0.3 is 0 Å². The summed E-state index contributed by atoms with van der Waals surface area (Å²) in [6, 6.07) is 7.47. The summed E-state index contributed by atoms with van der Waals surface area (Å²) in [4.78, 5) is 0.441. The third kappa shape index (κ3) is 3.83. The molecule has 1 aliphatic rings. The second kappa shape index (κ2) is 7.23. The average Bonchev–Trinajstić information content (AvgIpc) is 2.99. The number of nitrogens with zero attached hydrogens (tertiary/aromatic N) is 1. The van der Waals surface area contributed by atoms with E-state index in [9.17, 15) is 8.42 Å². The van der Waals surface area contributed by atoms with Crippen LogP contribution in [0.4, 0.5) is 0 Å². The Morgan fingerprint density at radius 3 is 2.25 bits per heavy atom. The third-order valence-electron chi connectivity index (χ3n) is 3.95. The molecule has 0 bridgehead atoms. The van der Waals surface area contributed by atoms with Crippen molar-refractivity contribution >= 4 is 10.0 Å². The molecule has 3 nitrogen and oxygen atoms in total. The van der Waals surface area contributed by atoms with E-state index in [1.54, 1.807) is 16.4 Å². The van der Waals surface area contributed by atoms with Crippen LogP contribution in [0.15, 0.2) is 29.2 Å². The molecule has 1 fully saturated rings. The SMILES string of the molecule is CCCCCCc1ccc(S(=O)(=O)N2CCCC2)cc1. The minimum absolute atomic E-state index is 0.441. The molecule has 0 amide bonds. The van der Waals surface area contributed by atoms with Crippen molar-refractivity contribution in [1.82, 2.24) is 4.31 Å². The molecule has 0 unspecified atom stereocenters. The van der Waals surface area contributed by atoms with E-state index >= 15 is 0 Å². The number of aryl methyl sites for hydroxylation is 1. The molecule has 0 N–H and O–H groups in total. The highest BCUT2D eigenvalue weighted by Gasteiger charge is 2.26. The number of unbranched alkanes of at least 4 members (excludes halogenated alkanes) is 3. The molecule has 0 radical (unpaired) electrons. The van der Waals surface area contributed by atoms with Crippen LogP contribution < -0.4 is 0 Å². The van der Waals surface area contributed by atoms with Crippen LogP contribution in [-0.4, -0.2) is 25.8 Å². The van der Waals surface area contributed by atoms with Crippen LogP contribution in [-0.2, 0) is 16.4 Å². The summed E-state index contributed by atoms with van der Waals surface area (Å²) in [5, 5.41) is 0. The highest BCUT2D eigenvalue weighted by atomic mass is 32.2. The van der Waals surface area contributed by atoms with Gasteiger partial charge in [-0.2, -0.15) is 4.31 Å². The molecule has 112 valence electrons. The Hall–Kier alpha value is -0.870. The maximum Gasteiger partial charge on any atom is 0.243 e. The van der Waals surface area contributed by atoms with Crippen molar-refractivity contribution in [3.8, 4) is 0 Å². The van der Waals surface area contributed by atoms with Gasteiger partial charge < -0.3 is 0 Å². The zero-order chi connectivity index (χ0) is 14.4. The molecule has 1 aromatic rings. The van der Waals surface area contributed by atoms with Crippen molar-refractivity contribution in [3.63, 3.8) is 0 Å². The zero-order valence-corrected chi connectivity index (χ0v) is 13.2. The lowest BCUT2D eigenvalue weighted by molar-refractivity contribution is 0.477. The summed E-state index contributed by atoms with van der Waals surface area (Å²) >= 11 is 0. The quantitative estimate of drug-likeness (QED) is 0.721. The Kier molecular flexibility index (Phi) is 5.61. The van der Waals surface area contributed by atoms with Gasteiger partial charge in [0.15, 0.2) is 0 Å². The van der Waals surface area contributed by atoms with Gasteiger partial charge in [0.1, 0.15) is 0 Å². The smallest absolute Gasteiger partial charge is 0.207 e. The van der Waals surface area contributed by atoms with E-state index in [-0.39, 0.29) is 0 Å². The number of hydrogen-bond donors (Lipinski definition) is 0. The fourth-order valence-electron chi connectivity index (χ4n) is 2.66. The lowest BCUT2D eigenvalue weighted by Crippen LogP contribution is -2.27. The lowest BCUT2D eigenvalue weighted by atomic mass is 10.1. The van der Waals surface area contributed by atoms with Gasteiger partial charge in [0.05, 0.1) is 4.90 Å². The van der Waals surface area contributed by atoms with Crippen LogP contribution in [0.25, 0.3) is 0 Å². The number of hydrogen-bond acceptors (Lipinski definition) is 2. The van der Waals surface area contributed by atoms with E-state index in [0.29, 0.717) is 18.0 Å². The number of benzene rings is 1. The Morgan fingerprint density at radius 1 is 1.00 bits per heavy atom. The van der Waals surface area contributed by atoms with E-state index in [4.69, 9.17) is 0 Å². The van der Waals surface area contributed by atoms with Crippen LogP contribution in [0, 0.1) is 0 Å². The molecule has 0 spiro atoms. The van der Waals surface area contributed by atoms with Gasteiger partial charge in [-0.05, 0) is 43.4 Å². The van der Waals surface area contributed by atoms with Gasteiger partial charge in [-0.1, -0.05) is 38.3 Å². The van der Waals surface area contributed by atoms with Crippen LogP contribution in [0.5, 0.6) is 0 Å². The Bertz CT molecular complexity index is 502. The van der Waals surface area contributed by atoms with Crippen LogP contribution in [0.1, 0.15) is 51.0 Å². The van der Waals surface area contributed by atoms with Crippen molar-refractivity contribution in [3.05, 3.63) is 29.8 Å². The Morgan fingerprint density at radius 2 is 1.65 bits per heavy atom. The van der Waals surface area contributed by atoms with Crippen LogP contribution in [0.2, 0.25) is 0 Å². The second-order valence-corrected chi connectivity index (χ2v) is 7.50. The molecular weight excluding hydrogens is 270 g/mol. The van der Waals surface area contributed by atoms with Crippen molar-refractivity contribution in [1.29, 1.82) is 0 Å². The van der Waals surface area contributed by atoms with Gasteiger partial charge in [0.25, 0.3) is 0 Å². The van der Waals surface area contributed by atoms with Gasteiger partial charge in [-0.15, -0.1) is 0 Å². The zero-order valence-electron chi connectivity index (χ0n) is 12.3. The largest absolute Gasteiger partial charge is 0.243 e. The predicted octanol–water partition coefficient (Wildman–Crippen LogP) is 3.59. The molecule has 2 rings (SSSR count). The second-order valence-electron chi connectivity index (χ2n) is 5.57. The molecule has 0 atom stereocenters. The molecular formula is C16H25NO2S. The topological polar surface area (TPSA) is 37.4 Å². The maximum absolute atomic E-state index is 12.4. The number of sulfonamides is 1. The highest BCUT2D eigenvalue weighted by molar-refractivity contribution is 7.89. The molecule has 0 aromatic heterocycles. The summed E-state index contributed by atoms with van der Waals surface area (Å²) in [5.74, 6) is 0. The van der Waals surface area contributed by atoms with Crippen molar-refractivity contribution in [2.45, 2.75) is 56.8 Å². The fourth-order valence-corrected chi connectivity index (χ4v) is 4.18. The molecule has 1 heterocycles. The van der Waals surface area contributed by atoms with E-state index in [2.05, 4.69) is 6.92 Å². The first-order valence-corrected chi connectivity index (χ1v) is 9.17. The monoisotopic (exact) mass is 295 g/mol. The standard InChI is InChI=1S/C16H25NO2S/c1-2-3-4-5-8-15-9-11-16(12-10-15)20(18,19)17-13-6-7-14-17/h9-12H,2-8,13-14H2,1H3. The number of rotatable bonds is 7. The van der Waals surface area contributed by atoms with Crippen molar-refractivity contribution in [2.75, 3.05) is 13.1 Å². The van der Waals surface area contributed by atoms with E-state index < -0.39 is 10.0 Å². The van der Waals surface area contributed by atoms with E-state index in [0.717, 1.165) is 19.3 Å². The summed E-state index contributed by atoms with van der Waals surface area (Å²) < 4.78 is 26.3. The molecule has 0 saturated carbocycles. The van der Waals surface area contributed by atoms with Crippen molar-refractivity contribution in [2.24, 2.45) is 0 Å². The summed E-state index contributed by atoms with van der Waals surface area (Å²) in [6.45, 7) is 3.54. The minimum Gasteiger partial charge on any atom is -0.207 e.